The lowest BCUT2D eigenvalue weighted by atomic mass is 10.2. The molecule has 1 aromatic heterocycles. The van der Waals surface area contributed by atoms with Crippen LogP contribution in [0.25, 0.3) is 0 Å². The van der Waals surface area contributed by atoms with Crippen molar-refractivity contribution in [2.45, 2.75) is 20.0 Å². The Hall–Kier alpha value is -1.50. The Kier molecular flexibility index (Phi) is 4.71. The van der Waals surface area contributed by atoms with E-state index in [0.29, 0.717) is 17.5 Å². The van der Waals surface area contributed by atoms with Gasteiger partial charge in [0.05, 0.1) is 6.54 Å². The maximum Gasteiger partial charge on any atom is 0.223 e. The Bertz CT molecular complexity index is 640. The highest BCUT2D eigenvalue weighted by molar-refractivity contribution is 6.31. The van der Waals surface area contributed by atoms with Crippen molar-refractivity contribution >= 4 is 11.6 Å². The zero-order chi connectivity index (χ0) is 15.5. The fourth-order valence-corrected chi connectivity index (χ4v) is 2.83. The van der Waals surface area contributed by atoms with Gasteiger partial charge in [-0.15, -0.1) is 0 Å². The predicted octanol–water partition coefficient (Wildman–Crippen LogP) is 2.49. The van der Waals surface area contributed by atoms with E-state index in [1.165, 1.54) is 12.1 Å². The first-order valence-electron chi connectivity index (χ1n) is 7.28. The largest absolute Gasteiger partial charge is 0.340 e. The van der Waals surface area contributed by atoms with E-state index in [2.05, 4.69) is 19.9 Å². The van der Waals surface area contributed by atoms with Gasteiger partial charge in [-0.1, -0.05) is 22.8 Å². The first kappa shape index (κ1) is 15.4. The van der Waals surface area contributed by atoms with Crippen LogP contribution in [0.1, 0.15) is 17.3 Å². The Morgan fingerprint density at radius 2 is 1.86 bits per heavy atom. The van der Waals surface area contributed by atoms with E-state index < -0.39 is 0 Å². The van der Waals surface area contributed by atoms with E-state index in [4.69, 9.17) is 16.1 Å². The second-order valence-corrected chi connectivity index (χ2v) is 5.92. The maximum absolute atomic E-state index is 13.1. The normalized spacial score (nSPS) is 17.0. The van der Waals surface area contributed by atoms with Crippen LogP contribution < -0.4 is 0 Å². The zero-order valence-corrected chi connectivity index (χ0v) is 13.2. The van der Waals surface area contributed by atoms with Gasteiger partial charge in [-0.05, 0) is 17.7 Å². The van der Waals surface area contributed by atoms with Crippen molar-refractivity contribution in [3.8, 4) is 0 Å². The highest BCUT2D eigenvalue weighted by Gasteiger charge is 2.19. The average molecular weight is 325 g/mol. The number of aromatic nitrogens is 2. The van der Waals surface area contributed by atoms with Crippen LogP contribution in [0.4, 0.5) is 4.39 Å². The Morgan fingerprint density at radius 1 is 1.18 bits per heavy atom. The lowest BCUT2D eigenvalue weighted by Gasteiger charge is -2.34. The summed E-state index contributed by atoms with van der Waals surface area (Å²) in [5, 5.41) is 4.41. The molecule has 1 aromatic carbocycles. The van der Waals surface area contributed by atoms with Gasteiger partial charge in [-0.25, -0.2) is 4.39 Å². The topological polar surface area (TPSA) is 45.4 Å². The van der Waals surface area contributed by atoms with Gasteiger partial charge < -0.3 is 4.52 Å². The quantitative estimate of drug-likeness (QED) is 0.864. The van der Waals surface area contributed by atoms with E-state index >= 15 is 0 Å². The minimum atomic E-state index is -0.297. The van der Waals surface area contributed by atoms with Gasteiger partial charge in [0.25, 0.3) is 0 Å². The van der Waals surface area contributed by atoms with Crippen molar-refractivity contribution < 1.29 is 8.91 Å². The molecule has 1 fully saturated rings. The summed E-state index contributed by atoms with van der Waals surface area (Å²) in [6.45, 7) is 6.99. The number of hydrogen-bond acceptors (Lipinski definition) is 5. The van der Waals surface area contributed by atoms with Crippen molar-refractivity contribution in [2.24, 2.45) is 0 Å². The number of hydrogen-bond donors (Lipinski definition) is 0. The molecule has 0 spiro atoms. The van der Waals surface area contributed by atoms with Gasteiger partial charge in [-0.2, -0.15) is 4.98 Å². The lowest BCUT2D eigenvalue weighted by molar-refractivity contribution is 0.119. The fraction of sp³-hybridized carbons (Fsp3) is 0.467. The van der Waals surface area contributed by atoms with Gasteiger partial charge in [-0.3, -0.25) is 9.80 Å². The molecule has 0 bridgehead atoms. The van der Waals surface area contributed by atoms with Crippen LogP contribution in [0, 0.1) is 12.7 Å². The summed E-state index contributed by atoms with van der Waals surface area (Å²) in [5.74, 6) is 1.03. The molecule has 1 aliphatic rings. The Labute approximate surface area is 133 Å². The number of rotatable bonds is 4. The number of aryl methyl sites for hydroxylation is 1. The summed E-state index contributed by atoms with van der Waals surface area (Å²) in [7, 11) is 0. The summed E-state index contributed by atoms with van der Waals surface area (Å²) in [5.41, 5.74) is 0.963. The van der Waals surface area contributed by atoms with Crippen molar-refractivity contribution in [1.82, 2.24) is 19.9 Å². The monoisotopic (exact) mass is 324 g/mol. The molecular formula is C15H18ClFN4O. The van der Waals surface area contributed by atoms with Crippen LogP contribution in [0.15, 0.2) is 22.7 Å². The van der Waals surface area contributed by atoms with Gasteiger partial charge in [0.2, 0.25) is 5.89 Å². The average Bonchev–Trinajstić information content (AvgIpc) is 2.89. The number of benzene rings is 1. The predicted molar refractivity (Wildman–Crippen MR) is 81.0 cm³/mol. The van der Waals surface area contributed by atoms with Gasteiger partial charge >= 0.3 is 0 Å². The third-order valence-corrected chi connectivity index (χ3v) is 4.16. The highest BCUT2D eigenvalue weighted by Crippen LogP contribution is 2.20. The molecule has 0 atom stereocenters. The minimum absolute atomic E-state index is 0.297. The second-order valence-electron chi connectivity index (χ2n) is 5.52. The molecule has 0 saturated carbocycles. The molecular weight excluding hydrogens is 307 g/mol. The molecule has 2 heterocycles. The van der Waals surface area contributed by atoms with Gasteiger partial charge in [0.1, 0.15) is 5.82 Å². The third kappa shape index (κ3) is 3.82. The third-order valence-electron chi connectivity index (χ3n) is 3.81. The molecule has 0 amide bonds. The number of piperazine rings is 1. The van der Waals surface area contributed by atoms with Gasteiger partial charge in [0.15, 0.2) is 5.82 Å². The summed E-state index contributed by atoms with van der Waals surface area (Å²) in [6.07, 6.45) is 0. The number of nitrogens with zero attached hydrogens (tertiary/aromatic N) is 4. The van der Waals surface area contributed by atoms with E-state index in [1.807, 2.05) is 0 Å². The second kappa shape index (κ2) is 6.73. The smallest absolute Gasteiger partial charge is 0.223 e. The van der Waals surface area contributed by atoms with Crippen LogP contribution in [0.2, 0.25) is 5.02 Å². The summed E-state index contributed by atoms with van der Waals surface area (Å²) in [6, 6.07) is 4.58. The lowest BCUT2D eigenvalue weighted by Crippen LogP contribution is -2.45. The molecule has 0 aliphatic carbocycles. The summed E-state index contributed by atoms with van der Waals surface area (Å²) >= 11 is 6.08. The van der Waals surface area contributed by atoms with Crippen LogP contribution in [-0.2, 0) is 13.1 Å². The first-order valence-corrected chi connectivity index (χ1v) is 7.66. The van der Waals surface area contributed by atoms with E-state index in [1.54, 1.807) is 13.0 Å². The molecule has 0 radical (unpaired) electrons. The van der Waals surface area contributed by atoms with Crippen molar-refractivity contribution in [3.05, 3.63) is 46.3 Å². The molecule has 7 heteroatoms. The van der Waals surface area contributed by atoms with Crippen LogP contribution in [0.5, 0.6) is 0 Å². The first-order chi connectivity index (χ1) is 10.6. The van der Waals surface area contributed by atoms with Crippen LogP contribution in [-0.4, -0.2) is 46.1 Å². The van der Waals surface area contributed by atoms with E-state index in [-0.39, 0.29) is 5.82 Å². The maximum atomic E-state index is 13.1. The van der Waals surface area contributed by atoms with Crippen molar-refractivity contribution in [2.75, 3.05) is 26.2 Å². The molecule has 1 saturated heterocycles. The van der Waals surface area contributed by atoms with Gasteiger partial charge in [0, 0.05) is 44.7 Å². The highest BCUT2D eigenvalue weighted by atomic mass is 35.5. The van der Waals surface area contributed by atoms with E-state index in [0.717, 1.165) is 44.1 Å². The summed E-state index contributed by atoms with van der Waals surface area (Å²) in [4.78, 5) is 8.84. The van der Waals surface area contributed by atoms with Crippen molar-refractivity contribution in [3.63, 3.8) is 0 Å². The standard InChI is InChI=1S/C15H18ClFN4O/c1-11-18-15(19-22-11)10-21-6-4-20(5-7-21)9-12-2-3-13(17)8-14(12)16/h2-3,8H,4-7,9-10H2,1H3. The number of halogens is 2. The fourth-order valence-electron chi connectivity index (χ4n) is 2.60. The molecule has 0 N–H and O–H groups in total. The van der Waals surface area contributed by atoms with E-state index in [9.17, 15) is 4.39 Å². The Balaban J connectivity index is 1.51. The molecule has 3 rings (SSSR count). The zero-order valence-electron chi connectivity index (χ0n) is 12.4. The van der Waals surface area contributed by atoms with Crippen LogP contribution >= 0.6 is 11.6 Å². The molecule has 5 nitrogen and oxygen atoms in total. The van der Waals surface area contributed by atoms with Crippen molar-refractivity contribution in [1.29, 1.82) is 0 Å². The van der Waals surface area contributed by atoms with Crippen LogP contribution in [0.3, 0.4) is 0 Å². The molecule has 0 unspecified atom stereocenters. The molecule has 118 valence electrons. The minimum Gasteiger partial charge on any atom is -0.340 e. The molecule has 22 heavy (non-hydrogen) atoms. The SMILES string of the molecule is Cc1nc(CN2CCN(Cc3ccc(F)cc3Cl)CC2)no1. The summed E-state index contributed by atoms with van der Waals surface area (Å²) < 4.78 is 18.0. The molecule has 1 aliphatic heterocycles. The molecule has 2 aromatic rings. The Morgan fingerprint density at radius 3 is 2.45 bits per heavy atom.